The Morgan fingerprint density at radius 2 is 1.90 bits per heavy atom. The lowest BCUT2D eigenvalue weighted by Crippen LogP contribution is -2.44. The summed E-state index contributed by atoms with van der Waals surface area (Å²) in [6, 6.07) is 8.90. The van der Waals surface area contributed by atoms with Crippen LogP contribution in [0.4, 0.5) is 25.3 Å². The number of anilines is 2. The van der Waals surface area contributed by atoms with Gasteiger partial charge in [-0.25, -0.2) is 18.6 Å². The molecular formula is C29H39F2N7O3. The first-order chi connectivity index (χ1) is 19.6. The Balaban J connectivity index is 1.35. The fraction of sp³-hybridized carbons (Fsp3) is 0.586. The van der Waals surface area contributed by atoms with Crippen LogP contribution in [0.3, 0.4) is 0 Å². The first-order valence-electron chi connectivity index (χ1n) is 14.3. The molecule has 12 heteroatoms. The number of para-hydroxylation sites is 2. The van der Waals surface area contributed by atoms with E-state index in [1.54, 1.807) is 30.3 Å². The van der Waals surface area contributed by atoms with E-state index in [0.29, 0.717) is 60.8 Å². The van der Waals surface area contributed by atoms with Crippen LogP contribution in [0, 0.1) is 5.92 Å². The fourth-order valence-corrected chi connectivity index (χ4v) is 5.45. The lowest BCUT2D eigenvalue weighted by molar-refractivity contribution is 0.0488. The van der Waals surface area contributed by atoms with E-state index in [0.717, 1.165) is 25.7 Å². The number of morpholine rings is 1. The Morgan fingerprint density at radius 1 is 1.15 bits per heavy atom. The van der Waals surface area contributed by atoms with Gasteiger partial charge in [-0.15, -0.1) is 0 Å². The number of carbonyl (C=O) groups excluding carboxylic acids is 1. The molecule has 0 radical (unpaired) electrons. The number of aromatic nitrogens is 4. The predicted molar refractivity (Wildman–Crippen MR) is 153 cm³/mol. The molecule has 0 bridgehead atoms. The summed E-state index contributed by atoms with van der Waals surface area (Å²) in [7, 11) is 0. The molecule has 222 valence electrons. The molecule has 2 aliphatic rings. The maximum atomic E-state index is 14.1. The Hall–Kier alpha value is -3.54. The predicted octanol–water partition coefficient (Wildman–Crippen LogP) is 5.47. The third-order valence-corrected chi connectivity index (χ3v) is 7.48. The second-order valence-electron chi connectivity index (χ2n) is 11.9. The van der Waals surface area contributed by atoms with Crippen molar-refractivity contribution in [2.45, 2.75) is 77.5 Å². The molecule has 1 saturated carbocycles. The summed E-state index contributed by atoms with van der Waals surface area (Å²) in [4.78, 5) is 28.0. The molecule has 1 aromatic carbocycles. The average molecular weight is 572 g/mol. The number of hydrogen-bond donors (Lipinski definition) is 2. The lowest BCUT2D eigenvalue weighted by Gasteiger charge is -2.34. The van der Waals surface area contributed by atoms with E-state index < -0.39 is 12.0 Å². The molecule has 1 aliphatic carbocycles. The maximum absolute atomic E-state index is 14.1. The van der Waals surface area contributed by atoms with Crippen molar-refractivity contribution in [3.8, 4) is 5.82 Å². The molecule has 1 aliphatic heterocycles. The SMILES string of the molecule is C[C@H]1COCCN1c1nc(NCC2CCC(NC(=O)OC(C)(C)C)CC2)cc(-n2c(C(F)F)nc3ccccc32)n1. The average Bonchev–Trinajstić information content (AvgIpc) is 3.32. The van der Waals surface area contributed by atoms with Gasteiger partial charge in [-0.05, 0) is 71.4 Å². The monoisotopic (exact) mass is 571 g/mol. The van der Waals surface area contributed by atoms with Crippen molar-refractivity contribution in [3.05, 3.63) is 36.2 Å². The highest BCUT2D eigenvalue weighted by molar-refractivity contribution is 5.78. The highest BCUT2D eigenvalue weighted by Crippen LogP contribution is 2.30. The van der Waals surface area contributed by atoms with E-state index in [4.69, 9.17) is 19.4 Å². The number of rotatable bonds is 7. The van der Waals surface area contributed by atoms with Gasteiger partial charge < -0.3 is 25.0 Å². The highest BCUT2D eigenvalue weighted by Gasteiger charge is 2.27. The third kappa shape index (κ3) is 7.03. The van der Waals surface area contributed by atoms with Crippen LogP contribution < -0.4 is 15.5 Å². The quantitative estimate of drug-likeness (QED) is 0.384. The van der Waals surface area contributed by atoms with Gasteiger partial charge in [-0.2, -0.15) is 9.97 Å². The number of nitrogens with one attached hydrogen (secondary N) is 2. The molecule has 1 saturated heterocycles. The second-order valence-corrected chi connectivity index (χ2v) is 11.9. The zero-order valence-electron chi connectivity index (χ0n) is 24.1. The Morgan fingerprint density at radius 3 is 2.61 bits per heavy atom. The third-order valence-electron chi connectivity index (χ3n) is 7.48. The van der Waals surface area contributed by atoms with Crippen molar-refractivity contribution in [2.24, 2.45) is 5.92 Å². The minimum absolute atomic E-state index is 0.0358. The van der Waals surface area contributed by atoms with E-state index in [1.165, 1.54) is 4.57 Å². The molecule has 1 amide bonds. The summed E-state index contributed by atoms with van der Waals surface area (Å²) in [5.74, 6) is 1.39. The number of carbonyl (C=O) groups is 1. The van der Waals surface area contributed by atoms with Crippen molar-refractivity contribution >= 4 is 28.9 Å². The van der Waals surface area contributed by atoms with E-state index in [2.05, 4.69) is 15.6 Å². The molecule has 2 fully saturated rings. The van der Waals surface area contributed by atoms with Gasteiger partial charge in [0.25, 0.3) is 6.43 Å². The fourth-order valence-electron chi connectivity index (χ4n) is 5.45. The zero-order chi connectivity index (χ0) is 29.1. The molecule has 41 heavy (non-hydrogen) atoms. The molecule has 10 nitrogen and oxygen atoms in total. The number of alkyl carbamates (subject to hydrolysis) is 1. The van der Waals surface area contributed by atoms with Gasteiger partial charge in [0.05, 0.1) is 30.3 Å². The van der Waals surface area contributed by atoms with Gasteiger partial charge in [-0.1, -0.05) is 12.1 Å². The van der Waals surface area contributed by atoms with Gasteiger partial charge >= 0.3 is 6.09 Å². The van der Waals surface area contributed by atoms with Gasteiger partial charge in [0, 0.05) is 25.2 Å². The van der Waals surface area contributed by atoms with Crippen molar-refractivity contribution < 1.29 is 23.0 Å². The first kappa shape index (κ1) is 29.0. The second kappa shape index (κ2) is 12.1. The normalized spacial score (nSPS) is 21.7. The number of fused-ring (bicyclic) bond motifs is 1. The molecule has 5 rings (SSSR count). The minimum Gasteiger partial charge on any atom is -0.444 e. The molecule has 2 N–H and O–H groups in total. The van der Waals surface area contributed by atoms with Gasteiger partial charge in [-0.3, -0.25) is 4.57 Å². The van der Waals surface area contributed by atoms with Crippen LogP contribution in [0.5, 0.6) is 0 Å². The smallest absolute Gasteiger partial charge is 0.407 e. The molecule has 3 heterocycles. The highest BCUT2D eigenvalue weighted by atomic mass is 19.3. The number of amides is 1. The standard InChI is InChI=1S/C29H39F2N7O3/c1-18-17-40-14-13-37(18)27-35-23(32-16-19-9-11-20(12-10-19)33-28(39)41-29(2,3)4)15-24(36-27)38-22-8-6-5-7-21(22)34-26(38)25(30)31/h5-8,15,18-20,25H,9-14,16-17H2,1-4H3,(H,33,39)(H,32,35,36)/t18-,19?,20?/m0/s1. The largest absolute Gasteiger partial charge is 0.444 e. The van der Waals surface area contributed by atoms with Crippen LogP contribution in [-0.4, -0.2) is 69.6 Å². The van der Waals surface area contributed by atoms with Crippen LogP contribution in [0.2, 0.25) is 0 Å². The van der Waals surface area contributed by atoms with Crippen LogP contribution >= 0.6 is 0 Å². The van der Waals surface area contributed by atoms with Crippen molar-refractivity contribution in [2.75, 3.05) is 36.5 Å². The van der Waals surface area contributed by atoms with E-state index >= 15 is 0 Å². The van der Waals surface area contributed by atoms with Gasteiger partial charge in [0.2, 0.25) is 5.95 Å². The summed E-state index contributed by atoms with van der Waals surface area (Å²) >= 11 is 0. The Labute approximate surface area is 238 Å². The first-order valence-corrected chi connectivity index (χ1v) is 14.3. The van der Waals surface area contributed by atoms with Gasteiger partial charge in [0.1, 0.15) is 17.2 Å². The topological polar surface area (TPSA) is 106 Å². The number of benzene rings is 1. The summed E-state index contributed by atoms with van der Waals surface area (Å²) < 4.78 is 40.7. The van der Waals surface area contributed by atoms with E-state index in [-0.39, 0.29) is 24.0 Å². The molecular weight excluding hydrogens is 532 g/mol. The number of imidazole rings is 1. The summed E-state index contributed by atoms with van der Waals surface area (Å²) in [5, 5.41) is 6.43. The molecule has 0 spiro atoms. The Kier molecular flexibility index (Phi) is 8.58. The van der Waals surface area contributed by atoms with E-state index in [9.17, 15) is 13.6 Å². The van der Waals surface area contributed by atoms with Crippen molar-refractivity contribution in [1.29, 1.82) is 0 Å². The van der Waals surface area contributed by atoms with Crippen LogP contribution in [-0.2, 0) is 9.47 Å². The summed E-state index contributed by atoms with van der Waals surface area (Å²) in [6.45, 7) is 9.92. The molecule has 0 unspecified atom stereocenters. The lowest BCUT2D eigenvalue weighted by atomic mass is 9.86. The maximum Gasteiger partial charge on any atom is 0.407 e. The van der Waals surface area contributed by atoms with Crippen LogP contribution in [0.1, 0.15) is 65.6 Å². The minimum atomic E-state index is -2.77. The zero-order valence-corrected chi connectivity index (χ0v) is 24.1. The molecule has 3 aromatic rings. The Bertz CT molecular complexity index is 1350. The number of alkyl halides is 2. The van der Waals surface area contributed by atoms with E-state index in [1.807, 2.05) is 32.6 Å². The van der Waals surface area contributed by atoms with Crippen molar-refractivity contribution in [3.63, 3.8) is 0 Å². The molecule has 1 atom stereocenters. The number of hydrogen-bond acceptors (Lipinski definition) is 8. The van der Waals surface area contributed by atoms with Gasteiger partial charge in [0.15, 0.2) is 5.82 Å². The van der Waals surface area contributed by atoms with Crippen LogP contribution in [0.15, 0.2) is 30.3 Å². The number of ether oxygens (including phenoxy) is 2. The van der Waals surface area contributed by atoms with Crippen molar-refractivity contribution in [1.82, 2.24) is 24.8 Å². The molecule has 2 aromatic heterocycles. The number of halogens is 2. The number of nitrogens with zero attached hydrogens (tertiary/aromatic N) is 5. The summed E-state index contributed by atoms with van der Waals surface area (Å²) in [6.07, 6.45) is 0.420. The summed E-state index contributed by atoms with van der Waals surface area (Å²) in [5.41, 5.74) is 0.511. The van der Waals surface area contributed by atoms with Crippen LogP contribution in [0.25, 0.3) is 16.9 Å².